The molecule has 0 aromatic heterocycles. The number of benzene rings is 3. The van der Waals surface area contributed by atoms with E-state index >= 15 is 0 Å². The number of carbonyl (C=O) groups excluding carboxylic acids is 2. The van der Waals surface area contributed by atoms with E-state index in [-0.39, 0.29) is 12.5 Å². The molecule has 152 valence electrons. The van der Waals surface area contributed by atoms with Crippen molar-refractivity contribution in [3.63, 3.8) is 0 Å². The van der Waals surface area contributed by atoms with E-state index in [1.54, 1.807) is 48.5 Å². The van der Waals surface area contributed by atoms with E-state index in [1.807, 2.05) is 31.2 Å². The molecule has 0 aliphatic heterocycles. The van der Waals surface area contributed by atoms with Gasteiger partial charge in [0.2, 0.25) is 0 Å². The molecule has 0 aliphatic carbocycles. The highest BCUT2D eigenvalue weighted by Crippen LogP contribution is 2.16. The van der Waals surface area contributed by atoms with Crippen molar-refractivity contribution in [2.75, 3.05) is 6.61 Å². The molecule has 0 heterocycles. The van der Waals surface area contributed by atoms with E-state index in [9.17, 15) is 9.59 Å². The third kappa shape index (κ3) is 6.56. The standard InChI is InChI=1S/C23H19BrN2O4/c1-16-3-2-4-18(13-16)23(28)30-21-9-5-17(6-10-21)14-25-26-22(27)15-29-20-11-7-19(24)8-12-20/h2-14H,15H2,1H3,(H,26,27)/b25-14+. The number of esters is 1. The molecule has 3 rings (SSSR count). The number of amides is 1. The molecule has 0 bridgehead atoms. The van der Waals surface area contributed by atoms with Gasteiger partial charge in [-0.25, -0.2) is 10.2 Å². The summed E-state index contributed by atoms with van der Waals surface area (Å²) in [5, 5.41) is 3.90. The van der Waals surface area contributed by atoms with Gasteiger partial charge >= 0.3 is 5.97 Å². The maximum Gasteiger partial charge on any atom is 0.343 e. The number of aryl methyl sites for hydroxylation is 1. The molecule has 3 aromatic rings. The van der Waals surface area contributed by atoms with Crippen LogP contribution in [0.2, 0.25) is 0 Å². The number of hydrogen-bond donors (Lipinski definition) is 1. The highest BCUT2D eigenvalue weighted by Gasteiger charge is 2.08. The minimum absolute atomic E-state index is 0.146. The number of hydrogen-bond acceptors (Lipinski definition) is 5. The van der Waals surface area contributed by atoms with Crippen LogP contribution in [0.5, 0.6) is 11.5 Å². The smallest absolute Gasteiger partial charge is 0.343 e. The van der Waals surface area contributed by atoms with Crippen LogP contribution in [0.15, 0.2) is 82.4 Å². The van der Waals surface area contributed by atoms with Gasteiger partial charge in [-0.15, -0.1) is 0 Å². The Kier molecular flexibility index (Phi) is 7.34. The van der Waals surface area contributed by atoms with Gasteiger partial charge in [0, 0.05) is 4.47 Å². The molecule has 1 amide bonds. The van der Waals surface area contributed by atoms with Crippen LogP contribution in [0.3, 0.4) is 0 Å². The third-order valence-corrected chi connectivity index (χ3v) is 4.46. The zero-order chi connectivity index (χ0) is 21.3. The Morgan fingerprint density at radius 1 is 1.00 bits per heavy atom. The number of rotatable bonds is 7. The van der Waals surface area contributed by atoms with Crippen LogP contribution in [-0.2, 0) is 4.79 Å². The Hall–Kier alpha value is -3.45. The van der Waals surface area contributed by atoms with Gasteiger partial charge in [0.1, 0.15) is 11.5 Å². The molecule has 0 spiro atoms. The quantitative estimate of drug-likeness (QED) is 0.240. The first-order valence-electron chi connectivity index (χ1n) is 9.09. The minimum atomic E-state index is -0.418. The zero-order valence-electron chi connectivity index (χ0n) is 16.2. The minimum Gasteiger partial charge on any atom is -0.484 e. The Morgan fingerprint density at radius 2 is 1.70 bits per heavy atom. The zero-order valence-corrected chi connectivity index (χ0v) is 17.8. The molecule has 0 aliphatic rings. The molecule has 30 heavy (non-hydrogen) atoms. The summed E-state index contributed by atoms with van der Waals surface area (Å²) < 4.78 is 11.7. The summed E-state index contributed by atoms with van der Waals surface area (Å²) in [5.41, 5.74) is 4.61. The summed E-state index contributed by atoms with van der Waals surface area (Å²) in [5.74, 6) is 0.217. The van der Waals surface area contributed by atoms with E-state index in [2.05, 4.69) is 26.5 Å². The second-order valence-corrected chi connectivity index (χ2v) is 7.28. The van der Waals surface area contributed by atoms with Gasteiger partial charge in [-0.1, -0.05) is 33.6 Å². The van der Waals surface area contributed by atoms with E-state index in [1.165, 1.54) is 6.21 Å². The van der Waals surface area contributed by atoms with Gasteiger partial charge < -0.3 is 9.47 Å². The molecule has 7 heteroatoms. The number of ether oxygens (including phenoxy) is 2. The van der Waals surface area contributed by atoms with Crippen molar-refractivity contribution >= 4 is 34.0 Å². The fourth-order valence-electron chi connectivity index (χ4n) is 2.45. The molecule has 3 aromatic carbocycles. The molecule has 0 fully saturated rings. The topological polar surface area (TPSA) is 77.0 Å². The Balaban J connectivity index is 1.46. The fourth-order valence-corrected chi connectivity index (χ4v) is 2.72. The number of hydrazone groups is 1. The molecular formula is C23H19BrN2O4. The molecule has 1 N–H and O–H groups in total. The first-order chi connectivity index (χ1) is 14.5. The van der Waals surface area contributed by atoms with Crippen molar-refractivity contribution in [1.29, 1.82) is 0 Å². The molecule has 0 saturated carbocycles. The lowest BCUT2D eigenvalue weighted by Gasteiger charge is -2.05. The molecule has 0 saturated heterocycles. The molecule has 6 nitrogen and oxygen atoms in total. The Morgan fingerprint density at radius 3 is 2.40 bits per heavy atom. The van der Waals surface area contributed by atoms with Crippen LogP contribution in [0, 0.1) is 6.92 Å². The summed E-state index contributed by atoms with van der Waals surface area (Å²) in [6.45, 7) is 1.77. The van der Waals surface area contributed by atoms with Crippen molar-refractivity contribution in [2.24, 2.45) is 5.10 Å². The van der Waals surface area contributed by atoms with E-state index < -0.39 is 5.97 Å². The lowest BCUT2D eigenvalue weighted by Crippen LogP contribution is -2.24. The van der Waals surface area contributed by atoms with Crippen molar-refractivity contribution in [2.45, 2.75) is 6.92 Å². The maximum atomic E-state index is 12.2. The lowest BCUT2D eigenvalue weighted by molar-refractivity contribution is -0.123. The van der Waals surface area contributed by atoms with Crippen LogP contribution in [0.4, 0.5) is 0 Å². The predicted molar refractivity (Wildman–Crippen MR) is 118 cm³/mol. The Labute approximate surface area is 182 Å². The van der Waals surface area contributed by atoms with Gasteiger partial charge in [-0.3, -0.25) is 4.79 Å². The molecule has 0 atom stereocenters. The summed E-state index contributed by atoms with van der Waals surface area (Å²) in [6, 6.07) is 21.1. The lowest BCUT2D eigenvalue weighted by atomic mass is 10.1. The van der Waals surface area contributed by atoms with Crippen molar-refractivity contribution in [1.82, 2.24) is 5.43 Å². The maximum absolute atomic E-state index is 12.2. The highest BCUT2D eigenvalue weighted by molar-refractivity contribution is 9.10. The van der Waals surface area contributed by atoms with Crippen LogP contribution in [0.25, 0.3) is 0 Å². The van der Waals surface area contributed by atoms with Crippen LogP contribution < -0.4 is 14.9 Å². The summed E-state index contributed by atoms with van der Waals surface area (Å²) in [7, 11) is 0. The van der Waals surface area contributed by atoms with Crippen molar-refractivity contribution in [3.05, 3.63) is 94.0 Å². The summed E-state index contributed by atoms with van der Waals surface area (Å²) in [4.78, 5) is 24.0. The van der Waals surface area contributed by atoms with Gasteiger partial charge in [0.05, 0.1) is 11.8 Å². The first kappa shape index (κ1) is 21.3. The number of nitrogens with zero attached hydrogens (tertiary/aromatic N) is 1. The average molecular weight is 467 g/mol. The molecule has 0 radical (unpaired) electrons. The van der Waals surface area contributed by atoms with Gasteiger partial charge in [-0.05, 0) is 73.2 Å². The summed E-state index contributed by atoms with van der Waals surface area (Å²) >= 11 is 3.33. The highest BCUT2D eigenvalue weighted by atomic mass is 79.9. The monoisotopic (exact) mass is 466 g/mol. The van der Waals surface area contributed by atoms with Gasteiger partial charge in [0.15, 0.2) is 6.61 Å². The van der Waals surface area contributed by atoms with E-state index in [4.69, 9.17) is 9.47 Å². The van der Waals surface area contributed by atoms with Crippen LogP contribution in [0.1, 0.15) is 21.5 Å². The average Bonchev–Trinajstić information content (AvgIpc) is 2.74. The van der Waals surface area contributed by atoms with E-state index in [0.29, 0.717) is 17.1 Å². The Bertz CT molecular complexity index is 1050. The normalized spacial score (nSPS) is 10.6. The summed E-state index contributed by atoms with van der Waals surface area (Å²) in [6.07, 6.45) is 1.49. The first-order valence-corrected chi connectivity index (χ1v) is 9.88. The SMILES string of the molecule is Cc1cccc(C(=O)Oc2ccc(/C=N/NC(=O)COc3ccc(Br)cc3)cc2)c1. The number of nitrogens with one attached hydrogen (secondary N) is 1. The van der Waals surface area contributed by atoms with Gasteiger partial charge in [0.25, 0.3) is 5.91 Å². The second kappa shape index (κ2) is 10.4. The van der Waals surface area contributed by atoms with Crippen molar-refractivity contribution in [3.8, 4) is 11.5 Å². The van der Waals surface area contributed by atoms with Gasteiger partial charge in [-0.2, -0.15) is 5.10 Å². The third-order valence-electron chi connectivity index (χ3n) is 3.93. The number of halogens is 1. The molecule has 0 unspecified atom stereocenters. The van der Waals surface area contributed by atoms with E-state index in [0.717, 1.165) is 15.6 Å². The van der Waals surface area contributed by atoms with Crippen LogP contribution in [-0.4, -0.2) is 24.7 Å². The second-order valence-electron chi connectivity index (χ2n) is 6.36. The van der Waals surface area contributed by atoms with Crippen LogP contribution >= 0.6 is 15.9 Å². The largest absolute Gasteiger partial charge is 0.484 e. The number of carbonyl (C=O) groups is 2. The predicted octanol–water partition coefficient (Wildman–Crippen LogP) is 4.51. The fraction of sp³-hybridized carbons (Fsp3) is 0.0870. The molecular weight excluding hydrogens is 448 g/mol. The van der Waals surface area contributed by atoms with Crippen molar-refractivity contribution < 1.29 is 19.1 Å².